The van der Waals surface area contributed by atoms with E-state index < -0.39 is 58.3 Å². The molecule has 2 aliphatic carbocycles. The number of allylic oxidation sites excluding steroid dienone is 5. The van der Waals surface area contributed by atoms with E-state index in [1.807, 2.05) is 0 Å². The summed E-state index contributed by atoms with van der Waals surface area (Å²) in [6.45, 7) is 4.50. The molecular weight excluding hydrogens is 388 g/mol. The lowest BCUT2D eigenvalue weighted by molar-refractivity contribution is -0.287. The lowest BCUT2D eigenvalue weighted by Crippen LogP contribution is -2.48. The zero-order valence-electron chi connectivity index (χ0n) is 14.4. The third-order valence-corrected chi connectivity index (χ3v) is 4.73. The van der Waals surface area contributed by atoms with E-state index in [-0.39, 0.29) is 11.3 Å². The molecule has 0 amide bonds. The van der Waals surface area contributed by atoms with Crippen LogP contribution in [0.2, 0.25) is 0 Å². The number of ether oxygens (including phenoxy) is 1. The van der Waals surface area contributed by atoms with Crippen molar-refractivity contribution in [1.82, 2.24) is 0 Å². The molecule has 0 unspecified atom stereocenters. The molecule has 2 atom stereocenters. The summed E-state index contributed by atoms with van der Waals surface area (Å²) in [6, 6.07) is 3.10. The van der Waals surface area contributed by atoms with Crippen LogP contribution in [0.15, 0.2) is 48.0 Å². The van der Waals surface area contributed by atoms with E-state index in [0.717, 1.165) is 18.2 Å². The zero-order valence-corrected chi connectivity index (χ0v) is 14.4. The van der Waals surface area contributed by atoms with Crippen molar-refractivity contribution >= 4 is 0 Å². The molecule has 0 saturated carbocycles. The Morgan fingerprint density at radius 2 is 1.96 bits per heavy atom. The summed E-state index contributed by atoms with van der Waals surface area (Å²) in [5.41, 5.74) is -6.23. The molecule has 3 rings (SSSR count). The van der Waals surface area contributed by atoms with Gasteiger partial charge in [0.1, 0.15) is 23.5 Å². The van der Waals surface area contributed by atoms with Gasteiger partial charge in [-0.2, -0.15) is 22.8 Å². The van der Waals surface area contributed by atoms with E-state index >= 15 is 0 Å². The van der Waals surface area contributed by atoms with Crippen LogP contribution >= 0.6 is 0 Å². The van der Waals surface area contributed by atoms with Gasteiger partial charge in [0, 0.05) is 34.8 Å². The summed E-state index contributed by atoms with van der Waals surface area (Å²) in [6.07, 6.45) is -1.81. The molecule has 0 saturated heterocycles. The molecular formula is C19H13F6NO2. The molecule has 0 bridgehead atoms. The van der Waals surface area contributed by atoms with Crippen molar-refractivity contribution in [3.8, 4) is 11.8 Å². The highest BCUT2D eigenvalue weighted by molar-refractivity contribution is 5.60. The predicted molar refractivity (Wildman–Crippen MR) is 86.0 cm³/mol. The average Bonchev–Trinajstić information content (AvgIpc) is 2.92. The minimum absolute atomic E-state index is 0.171. The summed E-state index contributed by atoms with van der Waals surface area (Å²) >= 11 is 0. The smallest absolute Gasteiger partial charge is 0.346 e. The normalized spacial score (nSPS) is 27.3. The Hall–Kier alpha value is -2.73. The van der Waals surface area contributed by atoms with Crippen LogP contribution in [0.25, 0.3) is 0 Å². The number of nitrogens with zero attached hydrogens (tertiary/aromatic N) is 1. The Kier molecular flexibility index (Phi) is 4.39. The molecule has 0 aromatic heterocycles. The van der Waals surface area contributed by atoms with Gasteiger partial charge in [-0.05, 0) is 25.1 Å². The molecule has 9 heteroatoms. The van der Waals surface area contributed by atoms with Crippen LogP contribution in [-0.4, -0.2) is 11.0 Å². The highest BCUT2D eigenvalue weighted by Gasteiger charge is 2.79. The fourth-order valence-electron chi connectivity index (χ4n) is 3.52. The predicted octanol–water partition coefficient (Wildman–Crippen LogP) is 5.24. The van der Waals surface area contributed by atoms with Crippen molar-refractivity contribution in [2.24, 2.45) is 0 Å². The maximum atomic E-state index is 14.4. The van der Waals surface area contributed by atoms with Gasteiger partial charge in [0.15, 0.2) is 5.60 Å². The number of rotatable bonds is 4. The first kappa shape index (κ1) is 20.0. The van der Waals surface area contributed by atoms with E-state index in [4.69, 9.17) is 10.00 Å². The molecule has 2 aliphatic rings. The van der Waals surface area contributed by atoms with Gasteiger partial charge in [0.05, 0.1) is 6.07 Å². The highest BCUT2D eigenvalue weighted by Crippen LogP contribution is 2.68. The van der Waals surface area contributed by atoms with E-state index in [1.165, 1.54) is 6.92 Å². The van der Waals surface area contributed by atoms with Crippen molar-refractivity contribution in [3.63, 3.8) is 0 Å². The number of alkyl halides is 5. The minimum atomic E-state index is -4.89. The number of aliphatic hydroxyl groups is 1. The monoisotopic (exact) mass is 401 g/mol. The highest BCUT2D eigenvalue weighted by atomic mass is 19.3. The van der Waals surface area contributed by atoms with Crippen molar-refractivity contribution in [2.45, 2.75) is 37.0 Å². The largest absolute Gasteiger partial charge is 0.462 e. The summed E-state index contributed by atoms with van der Waals surface area (Å²) < 4.78 is 90.0. The number of hydrogen-bond donors (Lipinski definition) is 1. The first-order valence-electron chi connectivity index (χ1n) is 7.99. The molecule has 148 valence electrons. The maximum Gasteiger partial charge on any atom is 0.346 e. The Bertz CT molecular complexity index is 975. The third kappa shape index (κ3) is 2.55. The Balaban J connectivity index is 2.06. The van der Waals surface area contributed by atoms with Crippen LogP contribution < -0.4 is 4.74 Å². The second-order valence-corrected chi connectivity index (χ2v) is 6.60. The van der Waals surface area contributed by atoms with Crippen LogP contribution in [0.1, 0.15) is 36.2 Å². The van der Waals surface area contributed by atoms with E-state index in [9.17, 15) is 31.4 Å². The van der Waals surface area contributed by atoms with E-state index in [1.54, 1.807) is 6.07 Å². The number of benzene rings is 1. The van der Waals surface area contributed by atoms with Crippen molar-refractivity contribution in [3.05, 3.63) is 64.7 Å². The molecule has 0 spiro atoms. The van der Waals surface area contributed by atoms with Crippen LogP contribution in [0.3, 0.4) is 0 Å². The minimum Gasteiger partial charge on any atom is -0.462 e. The summed E-state index contributed by atoms with van der Waals surface area (Å²) in [4.78, 5) is 0. The summed E-state index contributed by atoms with van der Waals surface area (Å²) in [5.74, 6) is -11.1. The van der Waals surface area contributed by atoms with Gasteiger partial charge in [-0.25, -0.2) is 8.78 Å². The van der Waals surface area contributed by atoms with Gasteiger partial charge in [0.2, 0.25) is 0 Å². The molecule has 28 heavy (non-hydrogen) atoms. The van der Waals surface area contributed by atoms with Gasteiger partial charge in [-0.1, -0.05) is 6.58 Å². The fourth-order valence-corrected chi connectivity index (χ4v) is 3.52. The van der Waals surface area contributed by atoms with Gasteiger partial charge >= 0.3 is 11.8 Å². The lowest BCUT2D eigenvalue weighted by Gasteiger charge is -2.30. The van der Waals surface area contributed by atoms with Gasteiger partial charge in [0.25, 0.3) is 0 Å². The van der Waals surface area contributed by atoms with E-state index in [0.29, 0.717) is 6.07 Å². The average molecular weight is 401 g/mol. The maximum absolute atomic E-state index is 14.4. The van der Waals surface area contributed by atoms with E-state index in [2.05, 4.69) is 6.58 Å². The van der Waals surface area contributed by atoms with Crippen molar-refractivity contribution in [1.29, 1.82) is 5.26 Å². The molecule has 1 aromatic rings. The molecule has 0 aliphatic heterocycles. The van der Waals surface area contributed by atoms with Crippen molar-refractivity contribution in [2.75, 3.05) is 0 Å². The lowest BCUT2D eigenvalue weighted by atomic mass is 9.95. The topological polar surface area (TPSA) is 53.2 Å². The third-order valence-electron chi connectivity index (χ3n) is 4.73. The quantitative estimate of drug-likeness (QED) is 0.325. The molecule has 1 aromatic carbocycles. The second-order valence-electron chi connectivity index (χ2n) is 6.60. The SMILES string of the molecule is C=C(C#N)/C=C(F)\C=C(/C)Oc1ccc2c3c1[C@H](F)C[C@]3(O)C(F)(F)C2(F)F. The number of hydrogen-bond acceptors (Lipinski definition) is 3. The second kappa shape index (κ2) is 6.14. The molecule has 1 N–H and O–H groups in total. The molecule has 0 heterocycles. The van der Waals surface area contributed by atoms with Gasteiger partial charge < -0.3 is 9.84 Å². The Labute approximate surface area is 155 Å². The standard InChI is InChI=1S/C19H13F6NO2/c1-9(8-26)5-11(20)6-10(2)28-14-4-3-12-16-15(14)13(21)7-17(16,27)19(24,25)18(12,22)23/h3-6,13,27H,1,7H2,2H3/b10-6+,11-5+/t13-,17-/m1/s1. The van der Waals surface area contributed by atoms with Crippen LogP contribution in [0.5, 0.6) is 5.75 Å². The molecule has 0 fully saturated rings. The van der Waals surface area contributed by atoms with Crippen LogP contribution in [0, 0.1) is 11.3 Å². The van der Waals surface area contributed by atoms with Gasteiger partial charge in [-0.3, -0.25) is 0 Å². The number of halogens is 6. The van der Waals surface area contributed by atoms with Crippen molar-refractivity contribution < 1.29 is 36.2 Å². The Morgan fingerprint density at radius 1 is 1.32 bits per heavy atom. The molecule has 3 nitrogen and oxygen atoms in total. The number of nitriles is 1. The zero-order chi connectivity index (χ0) is 21.1. The fraction of sp³-hybridized carbons (Fsp3) is 0.316. The van der Waals surface area contributed by atoms with Gasteiger partial charge in [-0.15, -0.1) is 0 Å². The summed E-state index contributed by atoms with van der Waals surface area (Å²) in [5, 5.41) is 18.8. The first-order chi connectivity index (χ1) is 12.9. The van der Waals surface area contributed by atoms with Crippen LogP contribution in [-0.2, 0) is 11.5 Å². The Morgan fingerprint density at radius 3 is 2.57 bits per heavy atom. The van der Waals surface area contributed by atoms with Crippen LogP contribution in [0.4, 0.5) is 26.3 Å². The first-order valence-corrected chi connectivity index (χ1v) is 7.99. The molecule has 0 radical (unpaired) electrons. The summed E-state index contributed by atoms with van der Waals surface area (Å²) in [7, 11) is 0.